The van der Waals surface area contributed by atoms with Crippen LogP contribution in [0.4, 0.5) is 5.69 Å². The highest BCUT2D eigenvalue weighted by Crippen LogP contribution is 2.14. The number of halogens is 1. The molecule has 0 aliphatic carbocycles. The lowest BCUT2D eigenvalue weighted by Crippen LogP contribution is -2.24. The van der Waals surface area contributed by atoms with E-state index in [9.17, 15) is 9.59 Å². The van der Waals surface area contributed by atoms with Gasteiger partial charge in [-0.05, 0) is 74.5 Å². The number of nitrogens with zero attached hydrogens (tertiary/aromatic N) is 1. The zero-order valence-electron chi connectivity index (χ0n) is 14.4. The lowest BCUT2D eigenvalue weighted by molar-refractivity contribution is 0.100. The molecule has 0 aliphatic heterocycles. The molecule has 0 radical (unpaired) electrons. The minimum absolute atomic E-state index is 0.201. The van der Waals surface area contributed by atoms with Crippen molar-refractivity contribution in [1.82, 2.24) is 4.68 Å². The highest BCUT2D eigenvalue weighted by atomic mass is 79.9. The van der Waals surface area contributed by atoms with Crippen LogP contribution in [0.2, 0.25) is 0 Å². The molecular weight excluding hydrogens is 394 g/mol. The second kappa shape index (κ2) is 7.58. The summed E-state index contributed by atoms with van der Waals surface area (Å²) in [6.07, 6.45) is 0. The van der Waals surface area contributed by atoms with Crippen LogP contribution in [0.5, 0.6) is 0 Å². The zero-order valence-corrected chi connectivity index (χ0v) is 16.0. The number of carbonyl (C=O) groups excluding carboxylic acids is 2. The molecule has 0 saturated carbocycles. The molecule has 5 nitrogen and oxygen atoms in total. The van der Waals surface area contributed by atoms with Gasteiger partial charge in [0.15, 0.2) is 0 Å². The summed E-state index contributed by atoms with van der Waals surface area (Å²) in [6.45, 7) is 3.85. The van der Waals surface area contributed by atoms with Crippen LogP contribution in [-0.2, 0) is 0 Å². The number of aromatic nitrogens is 1. The number of amides is 2. The van der Waals surface area contributed by atoms with Crippen molar-refractivity contribution in [2.45, 2.75) is 13.8 Å². The summed E-state index contributed by atoms with van der Waals surface area (Å²) in [5, 5.41) is 2.82. The minimum Gasteiger partial charge on any atom is -0.322 e. The highest BCUT2D eigenvalue weighted by Gasteiger charge is 2.10. The molecule has 0 fully saturated rings. The van der Waals surface area contributed by atoms with Crippen molar-refractivity contribution in [1.29, 1.82) is 0 Å². The number of carbonyl (C=O) groups is 2. The van der Waals surface area contributed by atoms with Gasteiger partial charge in [0.2, 0.25) is 0 Å². The first-order valence-corrected chi connectivity index (χ1v) is 8.86. The van der Waals surface area contributed by atoms with Gasteiger partial charge in [-0.3, -0.25) is 19.7 Å². The summed E-state index contributed by atoms with van der Waals surface area (Å²) in [5.41, 5.74) is 6.46. The van der Waals surface area contributed by atoms with Crippen molar-refractivity contribution in [3.63, 3.8) is 0 Å². The van der Waals surface area contributed by atoms with Gasteiger partial charge in [0, 0.05) is 32.7 Å². The van der Waals surface area contributed by atoms with Crippen molar-refractivity contribution in [2.75, 3.05) is 10.7 Å². The Bertz CT molecular complexity index is 925. The van der Waals surface area contributed by atoms with Gasteiger partial charge in [-0.15, -0.1) is 0 Å². The number of nitrogens with one attached hydrogen (secondary N) is 2. The van der Waals surface area contributed by atoms with Gasteiger partial charge < -0.3 is 5.32 Å². The molecule has 0 atom stereocenters. The van der Waals surface area contributed by atoms with Crippen molar-refractivity contribution in [3.05, 3.63) is 87.7 Å². The van der Waals surface area contributed by atoms with Gasteiger partial charge >= 0.3 is 0 Å². The molecule has 1 heterocycles. The third-order valence-electron chi connectivity index (χ3n) is 4.00. The zero-order chi connectivity index (χ0) is 18.7. The standard InChI is InChI=1S/C20H18BrN3O2/c1-13-3-4-14(2)24(13)23-20(26)16-7-11-18(12-8-16)22-19(25)15-5-9-17(21)10-6-15/h3-12H,1-2H3,(H,22,25)(H,23,26). The molecule has 2 amide bonds. The largest absolute Gasteiger partial charge is 0.322 e. The molecule has 2 aromatic carbocycles. The van der Waals surface area contributed by atoms with E-state index >= 15 is 0 Å². The van der Waals surface area contributed by atoms with Crippen LogP contribution in [0.3, 0.4) is 0 Å². The Morgan fingerprint density at radius 1 is 0.769 bits per heavy atom. The van der Waals surface area contributed by atoms with E-state index in [0.717, 1.165) is 15.9 Å². The van der Waals surface area contributed by atoms with Gasteiger partial charge in [0.1, 0.15) is 0 Å². The third kappa shape index (κ3) is 4.03. The van der Waals surface area contributed by atoms with Crippen LogP contribution >= 0.6 is 15.9 Å². The first kappa shape index (κ1) is 17.9. The van der Waals surface area contributed by atoms with Gasteiger partial charge in [-0.2, -0.15) is 0 Å². The molecule has 2 N–H and O–H groups in total. The fourth-order valence-corrected chi connectivity index (χ4v) is 2.78. The second-order valence-electron chi connectivity index (χ2n) is 5.93. The highest BCUT2D eigenvalue weighted by molar-refractivity contribution is 9.10. The van der Waals surface area contributed by atoms with Gasteiger partial charge in [-0.1, -0.05) is 15.9 Å². The van der Waals surface area contributed by atoms with Crippen molar-refractivity contribution < 1.29 is 9.59 Å². The Hall–Kier alpha value is -2.86. The lowest BCUT2D eigenvalue weighted by Gasteiger charge is -2.12. The van der Waals surface area contributed by atoms with E-state index in [4.69, 9.17) is 0 Å². The second-order valence-corrected chi connectivity index (χ2v) is 6.85. The van der Waals surface area contributed by atoms with E-state index in [2.05, 4.69) is 26.7 Å². The van der Waals surface area contributed by atoms with E-state index in [1.807, 2.05) is 38.1 Å². The van der Waals surface area contributed by atoms with Crippen LogP contribution in [0.25, 0.3) is 0 Å². The smallest absolute Gasteiger partial charge is 0.270 e. The number of aryl methyl sites for hydroxylation is 2. The number of anilines is 1. The van der Waals surface area contributed by atoms with E-state index in [0.29, 0.717) is 16.8 Å². The Labute approximate surface area is 160 Å². The number of rotatable bonds is 4. The van der Waals surface area contributed by atoms with Gasteiger partial charge in [0.05, 0.1) is 0 Å². The predicted octanol–water partition coefficient (Wildman–Crippen LogP) is 4.50. The molecule has 3 rings (SSSR count). The fraction of sp³-hybridized carbons (Fsp3) is 0.100. The van der Waals surface area contributed by atoms with Crippen molar-refractivity contribution in [2.24, 2.45) is 0 Å². The predicted molar refractivity (Wildman–Crippen MR) is 106 cm³/mol. The molecule has 6 heteroatoms. The maximum atomic E-state index is 12.4. The maximum Gasteiger partial charge on any atom is 0.270 e. The molecule has 26 heavy (non-hydrogen) atoms. The number of benzene rings is 2. The molecule has 0 saturated heterocycles. The monoisotopic (exact) mass is 411 g/mol. The number of hydrogen-bond donors (Lipinski definition) is 2. The molecule has 1 aromatic heterocycles. The van der Waals surface area contributed by atoms with E-state index < -0.39 is 0 Å². The molecule has 0 bridgehead atoms. The topological polar surface area (TPSA) is 63.1 Å². The van der Waals surface area contributed by atoms with E-state index in [-0.39, 0.29) is 11.8 Å². The number of hydrogen-bond acceptors (Lipinski definition) is 2. The summed E-state index contributed by atoms with van der Waals surface area (Å²) in [5.74, 6) is -0.411. The van der Waals surface area contributed by atoms with Crippen molar-refractivity contribution in [3.8, 4) is 0 Å². The van der Waals surface area contributed by atoms with E-state index in [1.54, 1.807) is 41.1 Å². The molecule has 132 valence electrons. The first-order valence-electron chi connectivity index (χ1n) is 8.07. The van der Waals surface area contributed by atoms with Crippen LogP contribution in [-0.4, -0.2) is 16.5 Å². The fourth-order valence-electron chi connectivity index (χ4n) is 2.52. The summed E-state index contributed by atoms with van der Waals surface area (Å²) in [4.78, 5) is 24.6. The quantitative estimate of drug-likeness (QED) is 0.663. The molecular formula is C20H18BrN3O2. The van der Waals surface area contributed by atoms with Crippen LogP contribution in [0.1, 0.15) is 32.1 Å². The lowest BCUT2D eigenvalue weighted by atomic mass is 10.1. The Morgan fingerprint density at radius 2 is 1.27 bits per heavy atom. The van der Waals surface area contributed by atoms with Gasteiger partial charge in [0.25, 0.3) is 11.8 Å². The van der Waals surface area contributed by atoms with Crippen LogP contribution < -0.4 is 10.7 Å². The summed E-state index contributed by atoms with van der Waals surface area (Å²) < 4.78 is 2.66. The molecule has 0 spiro atoms. The Morgan fingerprint density at radius 3 is 1.85 bits per heavy atom. The molecule has 0 aliphatic rings. The molecule has 3 aromatic rings. The van der Waals surface area contributed by atoms with E-state index in [1.165, 1.54) is 0 Å². The SMILES string of the molecule is Cc1ccc(C)n1NC(=O)c1ccc(NC(=O)c2ccc(Br)cc2)cc1. The minimum atomic E-state index is -0.210. The summed E-state index contributed by atoms with van der Waals surface area (Å²) >= 11 is 3.34. The molecule has 0 unspecified atom stereocenters. The Balaban J connectivity index is 1.67. The van der Waals surface area contributed by atoms with Crippen LogP contribution in [0.15, 0.2) is 65.1 Å². The average Bonchev–Trinajstić information content (AvgIpc) is 2.94. The maximum absolute atomic E-state index is 12.4. The Kier molecular flexibility index (Phi) is 5.23. The van der Waals surface area contributed by atoms with Crippen molar-refractivity contribution >= 4 is 33.4 Å². The third-order valence-corrected chi connectivity index (χ3v) is 4.52. The van der Waals surface area contributed by atoms with Crippen LogP contribution in [0, 0.1) is 13.8 Å². The average molecular weight is 412 g/mol. The summed E-state index contributed by atoms with van der Waals surface area (Å²) in [6, 6.07) is 17.8. The van der Waals surface area contributed by atoms with Gasteiger partial charge in [-0.25, -0.2) is 0 Å². The first-order chi connectivity index (χ1) is 12.4. The normalized spacial score (nSPS) is 10.4. The summed E-state index contributed by atoms with van der Waals surface area (Å²) in [7, 11) is 0.